The molecule has 1 unspecified atom stereocenters. The Morgan fingerprint density at radius 3 is 2.95 bits per heavy atom. The molecule has 1 amide bonds. The second kappa shape index (κ2) is 6.61. The predicted octanol–water partition coefficient (Wildman–Crippen LogP) is 1.92. The normalized spacial score (nSPS) is 18.9. The number of nitrogens with two attached hydrogens (primary N) is 1. The van der Waals surface area contributed by atoms with Crippen molar-refractivity contribution in [1.82, 2.24) is 4.90 Å². The zero-order valence-corrected chi connectivity index (χ0v) is 12.1. The van der Waals surface area contributed by atoms with Crippen LogP contribution in [0, 0.1) is 0 Å². The Kier molecular flexibility index (Phi) is 4.84. The largest absolute Gasteiger partial charge is 0.492 e. The van der Waals surface area contributed by atoms with Crippen molar-refractivity contribution in [3.63, 3.8) is 0 Å². The molecule has 20 heavy (non-hydrogen) atoms. The van der Waals surface area contributed by atoms with Crippen molar-refractivity contribution in [2.45, 2.75) is 26.3 Å². The molecule has 1 fully saturated rings. The molecular weight excluding hydrogens is 256 g/mol. The first-order chi connectivity index (χ1) is 9.67. The number of benzene rings is 1. The fourth-order valence-electron chi connectivity index (χ4n) is 2.39. The molecule has 0 radical (unpaired) electrons. The van der Waals surface area contributed by atoms with E-state index >= 15 is 0 Å². The summed E-state index contributed by atoms with van der Waals surface area (Å²) in [6.45, 7) is 6.34. The minimum Gasteiger partial charge on any atom is -0.492 e. The number of nitrogen functional groups attached to an aromatic ring is 1. The van der Waals surface area contributed by atoms with Gasteiger partial charge in [0.05, 0.1) is 31.5 Å². The van der Waals surface area contributed by atoms with Gasteiger partial charge in [-0.15, -0.1) is 0 Å². The van der Waals surface area contributed by atoms with Crippen LogP contribution < -0.4 is 10.5 Å². The number of amides is 1. The highest BCUT2D eigenvalue weighted by molar-refractivity contribution is 5.95. The van der Waals surface area contributed by atoms with Gasteiger partial charge in [-0.25, -0.2) is 0 Å². The molecule has 1 heterocycles. The van der Waals surface area contributed by atoms with Crippen molar-refractivity contribution in [3.05, 3.63) is 23.8 Å². The minimum atomic E-state index is 0.00917. The third-order valence-electron chi connectivity index (χ3n) is 3.52. The summed E-state index contributed by atoms with van der Waals surface area (Å²) in [7, 11) is 0. The van der Waals surface area contributed by atoms with Crippen LogP contribution in [0.1, 0.15) is 30.6 Å². The standard InChI is InChI=1S/C15H22N2O3/c1-3-12-10-19-8-7-17(12)15(18)11-5-6-14(20-4-2)13(16)9-11/h5-6,9,12H,3-4,7-8,10,16H2,1-2H3. The Labute approximate surface area is 119 Å². The molecule has 0 aromatic heterocycles. The summed E-state index contributed by atoms with van der Waals surface area (Å²) in [5, 5.41) is 0. The summed E-state index contributed by atoms with van der Waals surface area (Å²) in [4.78, 5) is 14.4. The van der Waals surface area contributed by atoms with E-state index in [4.69, 9.17) is 15.2 Å². The molecule has 2 rings (SSSR count). The Bertz CT molecular complexity index is 476. The number of nitrogens with zero attached hydrogens (tertiary/aromatic N) is 1. The first kappa shape index (κ1) is 14.7. The summed E-state index contributed by atoms with van der Waals surface area (Å²) >= 11 is 0. The van der Waals surface area contributed by atoms with Crippen LogP contribution in [0.5, 0.6) is 5.75 Å². The van der Waals surface area contributed by atoms with Crippen LogP contribution in [0.2, 0.25) is 0 Å². The van der Waals surface area contributed by atoms with Gasteiger partial charge in [0, 0.05) is 12.1 Å². The summed E-state index contributed by atoms with van der Waals surface area (Å²) in [5.74, 6) is 0.632. The van der Waals surface area contributed by atoms with Crippen molar-refractivity contribution in [2.75, 3.05) is 32.1 Å². The topological polar surface area (TPSA) is 64.8 Å². The Morgan fingerprint density at radius 1 is 1.50 bits per heavy atom. The van der Waals surface area contributed by atoms with E-state index in [0.29, 0.717) is 43.4 Å². The van der Waals surface area contributed by atoms with Crippen molar-refractivity contribution in [1.29, 1.82) is 0 Å². The van der Waals surface area contributed by atoms with Gasteiger partial charge in [-0.3, -0.25) is 4.79 Å². The smallest absolute Gasteiger partial charge is 0.254 e. The Balaban J connectivity index is 2.17. The van der Waals surface area contributed by atoms with Crippen LogP contribution in [0.3, 0.4) is 0 Å². The Morgan fingerprint density at radius 2 is 2.30 bits per heavy atom. The highest BCUT2D eigenvalue weighted by Gasteiger charge is 2.27. The average Bonchev–Trinajstić information content (AvgIpc) is 2.48. The van der Waals surface area contributed by atoms with Gasteiger partial charge in [-0.05, 0) is 31.5 Å². The summed E-state index contributed by atoms with van der Waals surface area (Å²) in [5.41, 5.74) is 7.02. The van der Waals surface area contributed by atoms with E-state index in [1.807, 2.05) is 11.8 Å². The third-order valence-corrected chi connectivity index (χ3v) is 3.52. The monoisotopic (exact) mass is 278 g/mol. The molecule has 0 saturated carbocycles. The first-order valence-corrected chi connectivity index (χ1v) is 7.08. The fraction of sp³-hybridized carbons (Fsp3) is 0.533. The van der Waals surface area contributed by atoms with Crippen molar-refractivity contribution >= 4 is 11.6 Å². The number of anilines is 1. The van der Waals surface area contributed by atoms with Crippen LogP contribution in [-0.2, 0) is 4.74 Å². The van der Waals surface area contributed by atoms with E-state index < -0.39 is 0 Å². The van der Waals surface area contributed by atoms with E-state index in [1.165, 1.54) is 0 Å². The lowest BCUT2D eigenvalue weighted by Crippen LogP contribution is -2.48. The van der Waals surface area contributed by atoms with Crippen LogP contribution in [-0.4, -0.2) is 43.2 Å². The first-order valence-electron chi connectivity index (χ1n) is 7.08. The lowest BCUT2D eigenvalue weighted by molar-refractivity contribution is -0.00279. The zero-order valence-electron chi connectivity index (χ0n) is 12.1. The van der Waals surface area contributed by atoms with Gasteiger partial charge in [-0.1, -0.05) is 6.92 Å². The maximum atomic E-state index is 12.6. The van der Waals surface area contributed by atoms with Crippen molar-refractivity contribution < 1.29 is 14.3 Å². The maximum absolute atomic E-state index is 12.6. The number of hydrogen-bond acceptors (Lipinski definition) is 4. The fourth-order valence-corrected chi connectivity index (χ4v) is 2.39. The molecule has 5 nitrogen and oxygen atoms in total. The number of carbonyl (C=O) groups excluding carboxylic acids is 1. The number of ether oxygens (including phenoxy) is 2. The molecule has 1 atom stereocenters. The lowest BCUT2D eigenvalue weighted by Gasteiger charge is -2.35. The highest BCUT2D eigenvalue weighted by Crippen LogP contribution is 2.24. The van der Waals surface area contributed by atoms with E-state index in [2.05, 4.69) is 6.92 Å². The van der Waals surface area contributed by atoms with Gasteiger partial charge in [0.15, 0.2) is 0 Å². The van der Waals surface area contributed by atoms with Gasteiger partial charge in [0.1, 0.15) is 5.75 Å². The van der Waals surface area contributed by atoms with Crippen LogP contribution in [0.25, 0.3) is 0 Å². The molecule has 0 aliphatic carbocycles. The van der Waals surface area contributed by atoms with Gasteiger partial charge in [0.25, 0.3) is 5.91 Å². The lowest BCUT2D eigenvalue weighted by atomic mass is 10.1. The SMILES string of the molecule is CCOc1ccc(C(=O)N2CCOCC2CC)cc1N. The van der Waals surface area contributed by atoms with Crippen LogP contribution in [0.4, 0.5) is 5.69 Å². The second-order valence-corrected chi connectivity index (χ2v) is 4.82. The molecule has 1 aliphatic rings. The summed E-state index contributed by atoms with van der Waals surface area (Å²) in [6.07, 6.45) is 0.887. The van der Waals surface area contributed by atoms with Gasteiger partial charge in [-0.2, -0.15) is 0 Å². The number of hydrogen-bond donors (Lipinski definition) is 1. The third kappa shape index (κ3) is 3.04. The number of rotatable bonds is 4. The molecule has 1 aromatic rings. The molecule has 1 aliphatic heterocycles. The van der Waals surface area contributed by atoms with Crippen molar-refractivity contribution in [2.24, 2.45) is 0 Å². The minimum absolute atomic E-state index is 0.00917. The van der Waals surface area contributed by atoms with Crippen LogP contribution >= 0.6 is 0 Å². The maximum Gasteiger partial charge on any atom is 0.254 e. The number of carbonyl (C=O) groups is 1. The molecular formula is C15H22N2O3. The second-order valence-electron chi connectivity index (χ2n) is 4.82. The van der Waals surface area contributed by atoms with Gasteiger partial charge < -0.3 is 20.1 Å². The van der Waals surface area contributed by atoms with E-state index in [0.717, 1.165) is 6.42 Å². The van der Waals surface area contributed by atoms with E-state index in [9.17, 15) is 4.79 Å². The summed E-state index contributed by atoms with van der Waals surface area (Å²) in [6, 6.07) is 5.36. The molecule has 110 valence electrons. The van der Waals surface area contributed by atoms with E-state index in [1.54, 1.807) is 18.2 Å². The molecule has 2 N–H and O–H groups in total. The quantitative estimate of drug-likeness (QED) is 0.855. The molecule has 1 saturated heterocycles. The van der Waals surface area contributed by atoms with Gasteiger partial charge in [0.2, 0.25) is 0 Å². The van der Waals surface area contributed by atoms with Gasteiger partial charge >= 0.3 is 0 Å². The predicted molar refractivity (Wildman–Crippen MR) is 78.0 cm³/mol. The molecule has 5 heteroatoms. The zero-order chi connectivity index (χ0) is 14.5. The molecule has 0 bridgehead atoms. The van der Waals surface area contributed by atoms with Crippen LogP contribution in [0.15, 0.2) is 18.2 Å². The molecule has 1 aromatic carbocycles. The summed E-state index contributed by atoms with van der Waals surface area (Å²) < 4.78 is 10.8. The molecule has 0 spiro atoms. The number of morpholine rings is 1. The Hall–Kier alpha value is -1.75. The average molecular weight is 278 g/mol. The van der Waals surface area contributed by atoms with Crippen molar-refractivity contribution in [3.8, 4) is 5.75 Å². The highest BCUT2D eigenvalue weighted by atomic mass is 16.5. The van der Waals surface area contributed by atoms with E-state index in [-0.39, 0.29) is 11.9 Å².